The number of carbonyl (C=O) groups is 1. The molecule has 0 aliphatic heterocycles. The quantitative estimate of drug-likeness (QED) is 0.523. The first-order chi connectivity index (χ1) is 10.9. The van der Waals surface area contributed by atoms with Gasteiger partial charge < -0.3 is 19.9 Å². The van der Waals surface area contributed by atoms with Crippen molar-refractivity contribution in [2.45, 2.75) is 26.0 Å². The fourth-order valence-corrected chi connectivity index (χ4v) is 1.93. The first kappa shape index (κ1) is 18.7. The van der Waals surface area contributed by atoms with E-state index in [0.717, 1.165) is 5.01 Å². The molecule has 0 radical (unpaired) electrons. The van der Waals surface area contributed by atoms with E-state index in [0.29, 0.717) is 17.1 Å². The minimum atomic E-state index is -0.972. The Morgan fingerprint density at radius 3 is 2.57 bits per heavy atom. The number of nitrogens with one attached hydrogen (secondary N) is 1. The summed E-state index contributed by atoms with van der Waals surface area (Å²) in [6, 6.07) is 4.85. The summed E-state index contributed by atoms with van der Waals surface area (Å²) in [5, 5.41) is 16.7. The molecular formula is C15H23N3O5. The van der Waals surface area contributed by atoms with Crippen LogP contribution in [0.2, 0.25) is 0 Å². The van der Waals surface area contributed by atoms with E-state index in [1.54, 1.807) is 32.0 Å². The summed E-state index contributed by atoms with van der Waals surface area (Å²) >= 11 is 0. The van der Waals surface area contributed by atoms with Gasteiger partial charge in [0.1, 0.15) is 18.0 Å². The monoisotopic (exact) mass is 325 g/mol. The third-order valence-electron chi connectivity index (χ3n) is 3.30. The van der Waals surface area contributed by atoms with Crippen LogP contribution in [0.5, 0.6) is 11.5 Å². The van der Waals surface area contributed by atoms with Crippen LogP contribution in [0, 0.1) is 4.91 Å². The van der Waals surface area contributed by atoms with Crippen LogP contribution in [-0.2, 0) is 4.79 Å². The van der Waals surface area contributed by atoms with Crippen LogP contribution in [0.4, 0.5) is 0 Å². The lowest BCUT2D eigenvalue weighted by Gasteiger charge is -2.20. The molecule has 0 bridgehead atoms. The van der Waals surface area contributed by atoms with E-state index >= 15 is 0 Å². The summed E-state index contributed by atoms with van der Waals surface area (Å²) < 4.78 is 10.3. The Hall–Kier alpha value is -2.35. The van der Waals surface area contributed by atoms with Crippen LogP contribution >= 0.6 is 0 Å². The van der Waals surface area contributed by atoms with Gasteiger partial charge in [0, 0.05) is 18.2 Å². The van der Waals surface area contributed by atoms with Crippen LogP contribution in [0.15, 0.2) is 23.5 Å². The van der Waals surface area contributed by atoms with Crippen molar-refractivity contribution in [2.75, 3.05) is 27.3 Å². The van der Waals surface area contributed by atoms with Gasteiger partial charge in [-0.1, -0.05) is 0 Å². The van der Waals surface area contributed by atoms with E-state index in [-0.39, 0.29) is 19.1 Å². The van der Waals surface area contributed by atoms with Gasteiger partial charge in [-0.25, -0.2) is 5.01 Å². The van der Waals surface area contributed by atoms with Gasteiger partial charge in [0.2, 0.25) is 5.91 Å². The zero-order valence-corrected chi connectivity index (χ0v) is 13.8. The molecule has 0 aliphatic carbocycles. The van der Waals surface area contributed by atoms with Gasteiger partial charge in [-0.2, -0.15) is 0 Å². The number of hydrogen-bond donors (Lipinski definition) is 2. The van der Waals surface area contributed by atoms with Gasteiger partial charge in [-0.05, 0) is 32.0 Å². The van der Waals surface area contributed by atoms with E-state index in [2.05, 4.69) is 10.6 Å². The maximum Gasteiger partial charge on any atom is 0.241 e. The van der Waals surface area contributed by atoms with Crippen molar-refractivity contribution < 1.29 is 19.4 Å². The Balaban J connectivity index is 2.67. The number of carbonyl (C=O) groups excluding carboxylic acids is 1. The van der Waals surface area contributed by atoms with Crippen LogP contribution in [0.3, 0.4) is 0 Å². The van der Waals surface area contributed by atoms with Gasteiger partial charge in [-0.3, -0.25) is 4.79 Å². The average Bonchev–Trinajstić information content (AvgIpc) is 2.56. The molecule has 8 heteroatoms. The minimum Gasteiger partial charge on any atom is -0.497 e. The lowest BCUT2D eigenvalue weighted by atomic mass is 10.1. The predicted molar refractivity (Wildman–Crippen MR) is 85.2 cm³/mol. The molecule has 0 saturated carbocycles. The first-order valence-electron chi connectivity index (χ1n) is 7.19. The van der Waals surface area contributed by atoms with E-state index in [1.165, 1.54) is 14.2 Å². The largest absolute Gasteiger partial charge is 0.497 e. The molecule has 0 fully saturated rings. The third kappa shape index (κ3) is 5.41. The summed E-state index contributed by atoms with van der Waals surface area (Å²) in [4.78, 5) is 22.4. The molecule has 0 spiro atoms. The molecule has 0 aromatic heterocycles. The Kier molecular flexibility index (Phi) is 7.27. The molecule has 23 heavy (non-hydrogen) atoms. The molecule has 1 aromatic carbocycles. The number of amides is 1. The highest BCUT2D eigenvalue weighted by atomic mass is 16.5. The Bertz CT molecular complexity index is 536. The van der Waals surface area contributed by atoms with Gasteiger partial charge in [0.25, 0.3) is 0 Å². The van der Waals surface area contributed by atoms with Crippen LogP contribution in [-0.4, -0.2) is 49.4 Å². The number of ether oxygens (including phenoxy) is 2. The average molecular weight is 325 g/mol. The van der Waals surface area contributed by atoms with E-state index in [9.17, 15) is 14.8 Å². The van der Waals surface area contributed by atoms with Crippen LogP contribution in [0.25, 0.3) is 0 Å². The molecule has 0 heterocycles. The van der Waals surface area contributed by atoms with E-state index < -0.39 is 12.0 Å². The lowest BCUT2D eigenvalue weighted by Crippen LogP contribution is -2.39. The fraction of sp³-hybridized carbons (Fsp3) is 0.533. The summed E-state index contributed by atoms with van der Waals surface area (Å²) in [6.45, 7) is 3.32. The van der Waals surface area contributed by atoms with Gasteiger partial charge >= 0.3 is 0 Å². The summed E-state index contributed by atoms with van der Waals surface area (Å²) in [5.41, 5.74) is 0.501. The molecular weight excluding hydrogens is 302 g/mol. The van der Waals surface area contributed by atoms with Crippen molar-refractivity contribution in [3.05, 3.63) is 28.7 Å². The van der Waals surface area contributed by atoms with E-state index in [1.807, 2.05) is 0 Å². The number of hydrogen-bond acceptors (Lipinski definition) is 6. The number of nitroso groups, excluding NO2 is 1. The zero-order valence-electron chi connectivity index (χ0n) is 13.8. The Morgan fingerprint density at radius 1 is 1.35 bits per heavy atom. The number of methoxy groups -OCH3 is 2. The molecule has 1 rings (SSSR count). The summed E-state index contributed by atoms with van der Waals surface area (Å²) in [6.07, 6.45) is -0.972. The van der Waals surface area contributed by atoms with E-state index in [4.69, 9.17) is 9.47 Å². The zero-order chi connectivity index (χ0) is 17.4. The van der Waals surface area contributed by atoms with Crippen LogP contribution < -0.4 is 14.8 Å². The normalized spacial score (nSPS) is 11.7. The van der Waals surface area contributed by atoms with Crippen molar-refractivity contribution in [1.82, 2.24) is 10.3 Å². The third-order valence-corrected chi connectivity index (χ3v) is 3.30. The summed E-state index contributed by atoms with van der Waals surface area (Å²) in [5.74, 6) is 0.660. The second-order valence-electron chi connectivity index (χ2n) is 5.20. The maximum atomic E-state index is 11.8. The van der Waals surface area contributed by atoms with Crippen molar-refractivity contribution in [1.29, 1.82) is 0 Å². The fourth-order valence-electron chi connectivity index (χ4n) is 1.93. The first-order valence-corrected chi connectivity index (χ1v) is 7.19. The molecule has 1 atom stereocenters. The number of aliphatic hydroxyl groups is 1. The SMILES string of the molecule is COc1ccc(OC)c(C(O)CNC(=O)CN(N=O)C(C)C)c1. The van der Waals surface area contributed by atoms with Crippen molar-refractivity contribution in [2.24, 2.45) is 5.29 Å². The molecule has 1 aromatic rings. The molecule has 1 unspecified atom stereocenters. The number of nitrogens with zero attached hydrogens (tertiary/aromatic N) is 2. The molecule has 0 saturated heterocycles. The topological polar surface area (TPSA) is 100 Å². The van der Waals surface area contributed by atoms with Gasteiger partial charge in [0.05, 0.1) is 25.6 Å². The van der Waals surface area contributed by atoms with Crippen molar-refractivity contribution in [3.63, 3.8) is 0 Å². The molecule has 1 amide bonds. The number of benzene rings is 1. The second kappa shape index (κ2) is 8.94. The minimum absolute atomic E-state index is 0.0207. The highest BCUT2D eigenvalue weighted by molar-refractivity contribution is 5.78. The molecule has 128 valence electrons. The van der Waals surface area contributed by atoms with Crippen molar-refractivity contribution in [3.8, 4) is 11.5 Å². The van der Waals surface area contributed by atoms with Gasteiger partial charge in [-0.15, -0.1) is 4.91 Å². The lowest BCUT2D eigenvalue weighted by molar-refractivity contribution is -0.123. The molecule has 2 N–H and O–H groups in total. The van der Waals surface area contributed by atoms with Crippen molar-refractivity contribution >= 4 is 5.91 Å². The molecule has 8 nitrogen and oxygen atoms in total. The smallest absolute Gasteiger partial charge is 0.241 e. The Morgan fingerprint density at radius 2 is 2.04 bits per heavy atom. The highest BCUT2D eigenvalue weighted by Gasteiger charge is 2.17. The molecule has 0 aliphatic rings. The number of rotatable bonds is 9. The summed E-state index contributed by atoms with van der Waals surface area (Å²) in [7, 11) is 3.01. The maximum absolute atomic E-state index is 11.8. The van der Waals surface area contributed by atoms with Crippen LogP contribution in [0.1, 0.15) is 25.5 Å². The number of aliphatic hydroxyl groups excluding tert-OH is 1. The predicted octanol–water partition coefficient (Wildman–Crippen LogP) is 1.25. The van der Waals surface area contributed by atoms with Gasteiger partial charge in [0.15, 0.2) is 0 Å². The standard InChI is InChI=1S/C15H23N3O5/c1-10(2)18(17-21)9-15(20)16-8-13(19)12-7-11(22-3)5-6-14(12)23-4/h5-7,10,13,19H,8-9H2,1-4H3,(H,16,20). The Labute approximate surface area is 135 Å². The highest BCUT2D eigenvalue weighted by Crippen LogP contribution is 2.29. The second-order valence-corrected chi connectivity index (χ2v) is 5.20.